The van der Waals surface area contributed by atoms with E-state index in [1.165, 1.54) is 7.11 Å². The Morgan fingerprint density at radius 1 is 1.08 bits per heavy atom. The highest BCUT2D eigenvalue weighted by molar-refractivity contribution is 5.77. The molecule has 1 heterocycles. The van der Waals surface area contributed by atoms with E-state index in [-0.39, 0.29) is 18.3 Å². The number of para-hydroxylation sites is 1. The van der Waals surface area contributed by atoms with Crippen molar-refractivity contribution in [2.45, 2.75) is 25.8 Å². The Bertz CT molecular complexity index is 677. The molecule has 0 fully saturated rings. The number of nitrogens with zero attached hydrogens (tertiary/aromatic N) is 2. The maximum atomic E-state index is 12.6. The molecule has 0 unspecified atom stereocenters. The Hall–Kier alpha value is -2.89. The first-order valence-corrected chi connectivity index (χ1v) is 8.60. The first-order valence-electron chi connectivity index (χ1n) is 8.60. The molecule has 0 saturated carbocycles. The average Bonchev–Trinajstić information content (AvgIpc) is 2.69. The number of hydrogen-bond acceptors (Lipinski definition) is 5. The standard InChI is InChI=1S/C20H24N2O4/c1-25-20(24)11-13-22(16-17-7-5-12-21-15-17)19(23)10-6-14-26-18-8-3-2-4-9-18/h2-5,7-9,12,15H,6,10-11,13-14,16H2,1H3. The lowest BCUT2D eigenvalue weighted by Crippen LogP contribution is -2.33. The second-order valence-corrected chi connectivity index (χ2v) is 5.77. The summed E-state index contributed by atoms with van der Waals surface area (Å²) < 4.78 is 10.3. The van der Waals surface area contributed by atoms with Gasteiger partial charge in [-0.1, -0.05) is 24.3 Å². The van der Waals surface area contributed by atoms with Gasteiger partial charge in [-0.15, -0.1) is 0 Å². The lowest BCUT2D eigenvalue weighted by Gasteiger charge is -2.22. The maximum Gasteiger partial charge on any atom is 0.307 e. The predicted octanol–water partition coefficient (Wildman–Crippen LogP) is 2.83. The number of pyridine rings is 1. The summed E-state index contributed by atoms with van der Waals surface area (Å²) in [6.45, 7) is 1.21. The van der Waals surface area contributed by atoms with Crippen LogP contribution >= 0.6 is 0 Å². The van der Waals surface area contributed by atoms with Crippen LogP contribution in [0.15, 0.2) is 54.9 Å². The molecule has 0 aliphatic carbocycles. The van der Waals surface area contributed by atoms with Crippen LogP contribution in [0.25, 0.3) is 0 Å². The van der Waals surface area contributed by atoms with Gasteiger partial charge in [-0.05, 0) is 30.2 Å². The zero-order valence-corrected chi connectivity index (χ0v) is 15.0. The van der Waals surface area contributed by atoms with Crippen LogP contribution in [-0.2, 0) is 20.9 Å². The van der Waals surface area contributed by atoms with Crippen LogP contribution in [0.2, 0.25) is 0 Å². The number of carbonyl (C=O) groups is 2. The van der Waals surface area contributed by atoms with Crippen molar-refractivity contribution in [3.05, 3.63) is 60.4 Å². The van der Waals surface area contributed by atoms with Crippen LogP contribution < -0.4 is 4.74 Å². The van der Waals surface area contributed by atoms with Gasteiger partial charge in [0, 0.05) is 31.9 Å². The second kappa shape index (κ2) is 10.9. The van der Waals surface area contributed by atoms with Gasteiger partial charge < -0.3 is 14.4 Å². The number of hydrogen-bond donors (Lipinski definition) is 0. The highest BCUT2D eigenvalue weighted by atomic mass is 16.5. The predicted molar refractivity (Wildman–Crippen MR) is 97.5 cm³/mol. The minimum Gasteiger partial charge on any atom is -0.494 e. The summed E-state index contributed by atoms with van der Waals surface area (Å²) in [5, 5.41) is 0. The molecule has 26 heavy (non-hydrogen) atoms. The third kappa shape index (κ3) is 6.93. The summed E-state index contributed by atoms with van der Waals surface area (Å²) in [7, 11) is 1.34. The highest BCUT2D eigenvalue weighted by Gasteiger charge is 2.15. The van der Waals surface area contributed by atoms with Gasteiger partial charge in [-0.2, -0.15) is 0 Å². The van der Waals surface area contributed by atoms with E-state index < -0.39 is 0 Å². The van der Waals surface area contributed by atoms with Crippen molar-refractivity contribution in [1.29, 1.82) is 0 Å². The lowest BCUT2D eigenvalue weighted by atomic mass is 10.2. The van der Waals surface area contributed by atoms with Gasteiger partial charge in [0.05, 0.1) is 20.1 Å². The molecule has 0 atom stereocenters. The van der Waals surface area contributed by atoms with Crippen LogP contribution in [0, 0.1) is 0 Å². The molecule has 1 aromatic heterocycles. The molecule has 0 radical (unpaired) electrons. The minimum atomic E-state index is -0.332. The number of amides is 1. The van der Waals surface area contributed by atoms with Crippen molar-refractivity contribution in [2.24, 2.45) is 0 Å². The van der Waals surface area contributed by atoms with Crippen LogP contribution in [0.3, 0.4) is 0 Å². The molecule has 2 aromatic rings. The molecule has 1 amide bonds. The number of ether oxygens (including phenoxy) is 2. The molecule has 6 nitrogen and oxygen atoms in total. The highest BCUT2D eigenvalue weighted by Crippen LogP contribution is 2.11. The van der Waals surface area contributed by atoms with Gasteiger partial charge in [-0.25, -0.2) is 0 Å². The first kappa shape index (κ1) is 19.4. The summed E-state index contributed by atoms with van der Waals surface area (Å²) >= 11 is 0. The minimum absolute atomic E-state index is 0.0191. The molecule has 6 heteroatoms. The number of methoxy groups -OCH3 is 1. The number of esters is 1. The zero-order chi connectivity index (χ0) is 18.6. The fourth-order valence-electron chi connectivity index (χ4n) is 2.42. The molecule has 0 spiro atoms. The molecule has 0 N–H and O–H groups in total. The van der Waals surface area contributed by atoms with Crippen LogP contribution in [0.4, 0.5) is 0 Å². The molecule has 0 bridgehead atoms. The van der Waals surface area contributed by atoms with Crippen LogP contribution in [-0.4, -0.2) is 42.0 Å². The van der Waals surface area contributed by atoms with E-state index in [1.807, 2.05) is 42.5 Å². The summed E-state index contributed by atoms with van der Waals surface area (Å²) in [5.41, 5.74) is 0.922. The monoisotopic (exact) mass is 356 g/mol. The number of carbonyl (C=O) groups excluding carboxylic acids is 2. The fourth-order valence-corrected chi connectivity index (χ4v) is 2.42. The van der Waals surface area contributed by atoms with E-state index in [0.717, 1.165) is 11.3 Å². The summed E-state index contributed by atoms with van der Waals surface area (Å²) in [6, 6.07) is 13.2. The molecular formula is C20H24N2O4. The van der Waals surface area contributed by atoms with Gasteiger partial charge in [-0.3, -0.25) is 14.6 Å². The van der Waals surface area contributed by atoms with Gasteiger partial charge in [0.2, 0.25) is 5.91 Å². The topological polar surface area (TPSA) is 68.7 Å². The number of rotatable bonds is 10. The van der Waals surface area contributed by atoms with Crippen molar-refractivity contribution in [3.8, 4) is 5.75 Å². The van der Waals surface area contributed by atoms with Crippen molar-refractivity contribution in [3.63, 3.8) is 0 Å². The van der Waals surface area contributed by atoms with E-state index in [9.17, 15) is 9.59 Å². The normalized spacial score (nSPS) is 10.2. The first-order chi connectivity index (χ1) is 12.7. The lowest BCUT2D eigenvalue weighted by molar-refractivity contribution is -0.142. The Kier molecular flexibility index (Phi) is 8.12. The molecule has 2 rings (SSSR count). The summed E-state index contributed by atoms with van der Waals surface area (Å²) in [6.07, 6.45) is 4.54. The molecule has 0 saturated heterocycles. The average molecular weight is 356 g/mol. The fraction of sp³-hybridized carbons (Fsp3) is 0.350. The Morgan fingerprint density at radius 3 is 2.58 bits per heavy atom. The Balaban J connectivity index is 1.84. The zero-order valence-electron chi connectivity index (χ0n) is 15.0. The molecule has 1 aromatic carbocycles. The van der Waals surface area contributed by atoms with Crippen molar-refractivity contribution >= 4 is 11.9 Å². The molecule has 0 aliphatic heterocycles. The second-order valence-electron chi connectivity index (χ2n) is 5.77. The van der Waals surface area contributed by atoms with Crippen molar-refractivity contribution in [2.75, 3.05) is 20.3 Å². The van der Waals surface area contributed by atoms with Gasteiger partial charge in [0.25, 0.3) is 0 Å². The van der Waals surface area contributed by atoms with Gasteiger partial charge >= 0.3 is 5.97 Å². The number of benzene rings is 1. The molecule has 0 aliphatic rings. The van der Waals surface area contributed by atoms with Gasteiger partial charge in [0.1, 0.15) is 5.75 Å². The molecular weight excluding hydrogens is 332 g/mol. The van der Waals surface area contributed by atoms with Gasteiger partial charge in [0.15, 0.2) is 0 Å². The van der Waals surface area contributed by atoms with E-state index in [2.05, 4.69) is 9.72 Å². The van der Waals surface area contributed by atoms with Crippen molar-refractivity contribution in [1.82, 2.24) is 9.88 Å². The van der Waals surface area contributed by atoms with Crippen molar-refractivity contribution < 1.29 is 19.1 Å². The Labute approximate surface area is 153 Å². The van der Waals surface area contributed by atoms with E-state index in [0.29, 0.717) is 32.5 Å². The maximum absolute atomic E-state index is 12.6. The SMILES string of the molecule is COC(=O)CCN(Cc1cccnc1)C(=O)CCCOc1ccccc1. The molecule has 138 valence electrons. The third-order valence-electron chi connectivity index (χ3n) is 3.81. The number of aromatic nitrogens is 1. The quantitative estimate of drug-likeness (QED) is 0.484. The van der Waals surface area contributed by atoms with Crippen LogP contribution in [0.5, 0.6) is 5.75 Å². The summed E-state index contributed by atoms with van der Waals surface area (Å²) in [4.78, 5) is 29.7. The van der Waals surface area contributed by atoms with E-state index in [4.69, 9.17) is 4.74 Å². The summed E-state index contributed by atoms with van der Waals surface area (Å²) in [5.74, 6) is 0.439. The van der Waals surface area contributed by atoms with Crippen LogP contribution in [0.1, 0.15) is 24.8 Å². The third-order valence-corrected chi connectivity index (χ3v) is 3.81. The largest absolute Gasteiger partial charge is 0.494 e. The van der Waals surface area contributed by atoms with E-state index in [1.54, 1.807) is 17.3 Å². The van der Waals surface area contributed by atoms with E-state index >= 15 is 0 Å². The smallest absolute Gasteiger partial charge is 0.307 e. The Morgan fingerprint density at radius 2 is 1.88 bits per heavy atom.